The van der Waals surface area contributed by atoms with Crippen LogP contribution in [0.1, 0.15) is 65.1 Å². The lowest BCUT2D eigenvalue weighted by molar-refractivity contribution is 0.0500. The van der Waals surface area contributed by atoms with Crippen LogP contribution >= 0.6 is 11.3 Å². The van der Waals surface area contributed by atoms with E-state index in [1.54, 1.807) is 11.3 Å². The average molecular weight is 333 g/mol. The minimum Gasteiger partial charge on any atom is -0.338 e. The monoisotopic (exact) mass is 332 g/mol. The molecule has 1 N–H and O–H groups in total. The van der Waals surface area contributed by atoms with E-state index in [-0.39, 0.29) is 0 Å². The zero-order valence-electron chi connectivity index (χ0n) is 14.0. The molecule has 1 aromatic rings. The molecule has 0 radical (unpaired) electrons. The molecule has 23 heavy (non-hydrogen) atoms. The molecule has 4 rings (SSSR count). The highest BCUT2D eigenvalue weighted by molar-refractivity contribution is 7.14. The van der Waals surface area contributed by atoms with Crippen LogP contribution in [0.5, 0.6) is 0 Å². The van der Waals surface area contributed by atoms with Crippen LogP contribution in [0.4, 0.5) is 0 Å². The summed E-state index contributed by atoms with van der Waals surface area (Å²) in [6.07, 6.45) is 11.3. The molecule has 1 aromatic heterocycles. The van der Waals surface area contributed by atoms with Crippen molar-refractivity contribution in [3.05, 3.63) is 21.4 Å². The number of carbonyl (C=O) groups is 1. The number of thiophene rings is 1. The van der Waals surface area contributed by atoms with E-state index in [1.165, 1.54) is 68.2 Å². The quantitative estimate of drug-likeness (QED) is 0.797. The molecule has 2 saturated heterocycles. The van der Waals surface area contributed by atoms with Gasteiger partial charge in [0.25, 0.3) is 5.91 Å². The Morgan fingerprint density at radius 1 is 1.04 bits per heavy atom. The maximum atomic E-state index is 12.9. The van der Waals surface area contributed by atoms with E-state index in [1.807, 2.05) is 0 Å². The molecule has 4 heteroatoms. The summed E-state index contributed by atoms with van der Waals surface area (Å²) in [5.74, 6) is 0.298. The van der Waals surface area contributed by atoms with Crippen molar-refractivity contribution in [1.29, 1.82) is 0 Å². The summed E-state index contributed by atoms with van der Waals surface area (Å²) < 4.78 is 0. The van der Waals surface area contributed by atoms with Crippen LogP contribution < -0.4 is 5.32 Å². The summed E-state index contributed by atoms with van der Waals surface area (Å²) in [6, 6.07) is 2.21. The second-order valence-electron chi connectivity index (χ2n) is 7.66. The van der Waals surface area contributed by atoms with Gasteiger partial charge < -0.3 is 10.2 Å². The van der Waals surface area contributed by atoms with Gasteiger partial charge in [0.1, 0.15) is 0 Å². The van der Waals surface area contributed by atoms with Crippen molar-refractivity contribution >= 4 is 17.2 Å². The maximum absolute atomic E-state index is 12.9. The van der Waals surface area contributed by atoms with Crippen LogP contribution in [0.25, 0.3) is 0 Å². The molecule has 1 aliphatic carbocycles. The van der Waals surface area contributed by atoms with Crippen molar-refractivity contribution in [1.82, 2.24) is 10.2 Å². The van der Waals surface area contributed by atoms with Gasteiger partial charge in [-0.2, -0.15) is 0 Å². The fraction of sp³-hybridized carbons (Fsp3) is 0.737. The van der Waals surface area contributed by atoms with Gasteiger partial charge in [-0.25, -0.2) is 0 Å². The Kier molecular flexibility index (Phi) is 4.46. The molecule has 0 saturated carbocycles. The molecule has 0 aromatic carbocycles. The first-order valence-corrected chi connectivity index (χ1v) is 10.2. The number of aryl methyl sites for hydroxylation is 2. The number of hydrogen-bond donors (Lipinski definition) is 1. The third kappa shape index (κ3) is 3.20. The van der Waals surface area contributed by atoms with Crippen molar-refractivity contribution in [2.75, 3.05) is 26.2 Å². The Balaban J connectivity index is 1.42. The van der Waals surface area contributed by atoms with Crippen LogP contribution in [-0.4, -0.2) is 37.0 Å². The normalized spacial score (nSPS) is 24.3. The first-order chi connectivity index (χ1) is 11.3. The molecule has 2 fully saturated rings. The van der Waals surface area contributed by atoms with Crippen LogP contribution in [0.15, 0.2) is 6.07 Å². The number of likely N-dealkylation sites (tertiary alicyclic amines) is 1. The van der Waals surface area contributed by atoms with Crippen molar-refractivity contribution in [3.8, 4) is 0 Å². The van der Waals surface area contributed by atoms with Gasteiger partial charge in [0.05, 0.1) is 4.88 Å². The van der Waals surface area contributed by atoms with E-state index >= 15 is 0 Å². The zero-order chi connectivity index (χ0) is 15.7. The molecule has 1 spiro atoms. The molecule has 0 unspecified atom stereocenters. The number of nitrogens with one attached hydrogen (secondary N) is 1. The van der Waals surface area contributed by atoms with E-state index in [2.05, 4.69) is 16.3 Å². The molecular formula is C19H28N2OS. The lowest BCUT2D eigenvalue weighted by Crippen LogP contribution is -2.47. The SMILES string of the molecule is O=C(c1cc2c(s1)CCCCC2)N1CCC2(CCNCC2)CC1. The third-order valence-corrected chi connectivity index (χ3v) is 7.46. The van der Waals surface area contributed by atoms with Crippen LogP contribution in [-0.2, 0) is 12.8 Å². The molecule has 126 valence electrons. The van der Waals surface area contributed by atoms with E-state index in [0.717, 1.165) is 31.1 Å². The van der Waals surface area contributed by atoms with E-state index in [0.29, 0.717) is 11.3 Å². The maximum Gasteiger partial charge on any atom is 0.263 e. The molecule has 0 atom stereocenters. The Hall–Kier alpha value is -0.870. The highest BCUT2D eigenvalue weighted by Gasteiger charge is 2.37. The van der Waals surface area contributed by atoms with Crippen LogP contribution in [0, 0.1) is 5.41 Å². The van der Waals surface area contributed by atoms with Gasteiger partial charge in [-0.3, -0.25) is 4.79 Å². The number of rotatable bonds is 1. The molecule has 1 amide bonds. The third-order valence-electron chi connectivity index (χ3n) is 6.23. The van der Waals surface area contributed by atoms with Gasteiger partial charge in [0, 0.05) is 18.0 Å². The van der Waals surface area contributed by atoms with Gasteiger partial charge in [-0.05, 0) is 81.5 Å². The molecule has 3 heterocycles. The molecule has 3 nitrogen and oxygen atoms in total. The summed E-state index contributed by atoms with van der Waals surface area (Å²) in [6.45, 7) is 4.24. The van der Waals surface area contributed by atoms with Gasteiger partial charge >= 0.3 is 0 Å². The first kappa shape index (κ1) is 15.6. The minimum absolute atomic E-state index is 0.298. The Morgan fingerprint density at radius 3 is 2.57 bits per heavy atom. The highest BCUT2D eigenvalue weighted by atomic mass is 32.1. The summed E-state index contributed by atoms with van der Waals surface area (Å²) in [5.41, 5.74) is 1.98. The predicted octanol–water partition coefficient (Wildman–Crippen LogP) is 3.62. The molecule has 2 aliphatic heterocycles. The van der Waals surface area contributed by atoms with E-state index in [9.17, 15) is 4.79 Å². The zero-order valence-corrected chi connectivity index (χ0v) is 14.8. The van der Waals surface area contributed by atoms with E-state index in [4.69, 9.17) is 0 Å². The number of amides is 1. The highest BCUT2D eigenvalue weighted by Crippen LogP contribution is 2.40. The van der Waals surface area contributed by atoms with Crippen molar-refractivity contribution < 1.29 is 4.79 Å². The fourth-order valence-electron chi connectivity index (χ4n) is 4.57. The summed E-state index contributed by atoms with van der Waals surface area (Å²) in [5, 5.41) is 3.47. The molecule has 0 bridgehead atoms. The van der Waals surface area contributed by atoms with Crippen molar-refractivity contribution in [2.24, 2.45) is 5.41 Å². The summed E-state index contributed by atoms with van der Waals surface area (Å²) in [7, 11) is 0. The van der Waals surface area contributed by atoms with Gasteiger partial charge in [0.2, 0.25) is 0 Å². The van der Waals surface area contributed by atoms with Gasteiger partial charge in [-0.1, -0.05) is 6.42 Å². The number of carbonyl (C=O) groups excluding carboxylic acids is 1. The van der Waals surface area contributed by atoms with E-state index < -0.39 is 0 Å². The largest absolute Gasteiger partial charge is 0.338 e. The Bertz CT molecular complexity index is 540. The number of nitrogens with zero attached hydrogens (tertiary/aromatic N) is 1. The Labute approximate surface area is 143 Å². The fourth-order valence-corrected chi connectivity index (χ4v) is 5.79. The topological polar surface area (TPSA) is 32.3 Å². The first-order valence-electron chi connectivity index (χ1n) is 9.37. The lowest BCUT2D eigenvalue weighted by Gasteiger charge is -2.44. The molecular weight excluding hydrogens is 304 g/mol. The average Bonchev–Trinajstić information content (AvgIpc) is 2.87. The van der Waals surface area contributed by atoms with Gasteiger partial charge in [0.15, 0.2) is 0 Å². The van der Waals surface area contributed by atoms with Crippen molar-refractivity contribution in [2.45, 2.75) is 57.8 Å². The van der Waals surface area contributed by atoms with Crippen LogP contribution in [0.2, 0.25) is 0 Å². The molecule has 3 aliphatic rings. The summed E-state index contributed by atoms with van der Waals surface area (Å²) >= 11 is 1.78. The Morgan fingerprint density at radius 2 is 1.78 bits per heavy atom. The smallest absolute Gasteiger partial charge is 0.263 e. The second-order valence-corrected chi connectivity index (χ2v) is 8.80. The standard InChI is InChI=1S/C19H28N2OS/c22-18(17-14-15-4-2-1-3-5-16(15)23-17)21-12-8-19(9-13-21)6-10-20-11-7-19/h14,20H,1-13H2. The number of piperidine rings is 2. The van der Waals surface area contributed by atoms with Crippen molar-refractivity contribution in [3.63, 3.8) is 0 Å². The number of hydrogen-bond acceptors (Lipinski definition) is 3. The summed E-state index contributed by atoms with van der Waals surface area (Å²) in [4.78, 5) is 17.5. The lowest BCUT2D eigenvalue weighted by atomic mass is 9.71. The predicted molar refractivity (Wildman–Crippen MR) is 95.3 cm³/mol. The second kappa shape index (κ2) is 6.56. The van der Waals surface area contributed by atoms with Gasteiger partial charge in [-0.15, -0.1) is 11.3 Å². The minimum atomic E-state index is 0.298. The van der Waals surface area contributed by atoms with Crippen LogP contribution in [0.3, 0.4) is 0 Å². The number of fused-ring (bicyclic) bond motifs is 1.